The van der Waals surface area contributed by atoms with Crippen LogP contribution in [0, 0.1) is 23.2 Å². The molecule has 0 radical (unpaired) electrons. The first kappa shape index (κ1) is 15.7. The third-order valence-electron chi connectivity index (χ3n) is 4.36. The van der Waals surface area contributed by atoms with Crippen molar-refractivity contribution >= 4 is 28.3 Å². The quantitative estimate of drug-likeness (QED) is 0.912. The van der Waals surface area contributed by atoms with Crippen molar-refractivity contribution in [1.29, 1.82) is 5.26 Å². The van der Waals surface area contributed by atoms with Gasteiger partial charge in [-0.15, -0.1) is 0 Å². The van der Waals surface area contributed by atoms with Crippen molar-refractivity contribution in [1.82, 2.24) is 9.97 Å². The van der Waals surface area contributed by atoms with Crippen molar-refractivity contribution < 1.29 is 4.79 Å². The summed E-state index contributed by atoms with van der Waals surface area (Å²) >= 11 is 5.93. The first-order chi connectivity index (χ1) is 11.0. The second-order valence-corrected chi connectivity index (χ2v) is 6.60. The van der Waals surface area contributed by atoms with E-state index >= 15 is 0 Å². The van der Waals surface area contributed by atoms with Crippen molar-refractivity contribution in [2.75, 3.05) is 0 Å². The van der Waals surface area contributed by atoms with Gasteiger partial charge in [0.2, 0.25) is 0 Å². The number of nitrogens with one attached hydrogen (secondary N) is 1. The first-order valence-electron chi connectivity index (χ1n) is 7.61. The molecule has 1 heterocycles. The second-order valence-electron chi connectivity index (χ2n) is 6.16. The molecular formula is C17H16ClN3O2. The van der Waals surface area contributed by atoms with Gasteiger partial charge < -0.3 is 4.98 Å². The highest BCUT2D eigenvalue weighted by atomic mass is 35.5. The van der Waals surface area contributed by atoms with E-state index in [0.717, 1.165) is 12.8 Å². The molecule has 6 heteroatoms. The summed E-state index contributed by atoms with van der Waals surface area (Å²) in [7, 11) is 0. The number of fused-ring (bicyclic) bond motifs is 1. The maximum atomic E-state index is 12.4. The lowest BCUT2D eigenvalue weighted by molar-refractivity contribution is -0.120. The highest BCUT2D eigenvalue weighted by molar-refractivity contribution is 6.31. The van der Waals surface area contributed by atoms with E-state index in [1.165, 1.54) is 0 Å². The lowest BCUT2D eigenvalue weighted by Crippen LogP contribution is -2.21. The summed E-state index contributed by atoms with van der Waals surface area (Å²) in [6, 6.07) is 6.71. The van der Waals surface area contributed by atoms with Gasteiger partial charge in [0.05, 0.1) is 17.0 Å². The van der Waals surface area contributed by atoms with Crippen molar-refractivity contribution in [3.05, 3.63) is 39.4 Å². The van der Waals surface area contributed by atoms with Crippen LogP contribution >= 0.6 is 11.6 Å². The standard InChI is InChI=1S/C17H16ClN3O2/c1-9(10-2-3-10)6-15(22)13(8-19)16-20-14-7-11(18)4-5-12(14)17(23)21-16/h4-5,7,9-10,13H,2-3,6H2,1H3,(H,20,21,23)/t9-,13+/m1/s1. The highest BCUT2D eigenvalue weighted by Crippen LogP contribution is 2.39. The Bertz CT molecular complexity index is 864. The summed E-state index contributed by atoms with van der Waals surface area (Å²) in [5.74, 6) is -0.301. The zero-order chi connectivity index (χ0) is 16.6. The fourth-order valence-corrected chi connectivity index (χ4v) is 2.99. The fraction of sp³-hybridized carbons (Fsp3) is 0.412. The largest absolute Gasteiger partial charge is 0.308 e. The number of hydrogen-bond donors (Lipinski definition) is 1. The number of aromatic amines is 1. The SMILES string of the molecule is C[C@H](CC(=O)[C@H](C#N)c1nc2cc(Cl)ccc2c(=O)[nH]1)C1CC1. The third-order valence-corrected chi connectivity index (χ3v) is 4.60. The maximum Gasteiger partial charge on any atom is 0.258 e. The predicted octanol–water partition coefficient (Wildman–Crippen LogP) is 3.19. The molecule has 0 unspecified atom stereocenters. The summed E-state index contributed by atoms with van der Waals surface area (Å²) < 4.78 is 0. The summed E-state index contributed by atoms with van der Waals surface area (Å²) in [6.45, 7) is 2.03. The number of halogens is 1. The first-order valence-corrected chi connectivity index (χ1v) is 7.99. The molecule has 1 aromatic carbocycles. The van der Waals surface area contributed by atoms with E-state index < -0.39 is 5.92 Å². The Hall–Kier alpha value is -2.19. The Labute approximate surface area is 138 Å². The van der Waals surface area contributed by atoms with Gasteiger partial charge in [-0.3, -0.25) is 9.59 Å². The zero-order valence-corrected chi connectivity index (χ0v) is 13.4. The van der Waals surface area contributed by atoms with E-state index in [-0.39, 0.29) is 23.1 Å². The topological polar surface area (TPSA) is 86.6 Å². The fourth-order valence-electron chi connectivity index (χ4n) is 2.82. The molecule has 1 fully saturated rings. The molecule has 2 aromatic rings. The van der Waals surface area contributed by atoms with Crippen LogP contribution in [0.4, 0.5) is 0 Å². The number of rotatable bonds is 5. The summed E-state index contributed by atoms with van der Waals surface area (Å²) in [5, 5.41) is 10.2. The second kappa shape index (κ2) is 6.13. The van der Waals surface area contributed by atoms with E-state index in [0.29, 0.717) is 28.3 Å². The Balaban J connectivity index is 1.94. The monoisotopic (exact) mass is 329 g/mol. The van der Waals surface area contributed by atoms with Crippen LogP contribution in [0.3, 0.4) is 0 Å². The van der Waals surface area contributed by atoms with E-state index in [1.807, 2.05) is 13.0 Å². The molecule has 23 heavy (non-hydrogen) atoms. The normalized spacial score (nSPS) is 16.7. The van der Waals surface area contributed by atoms with E-state index in [1.54, 1.807) is 18.2 Å². The van der Waals surface area contributed by atoms with Gasteiger partial charge in [-0.2, -0.15) is 5.26 Å². The molecular weight excluding hydrogens is 314 g/mol. The van der Waals surface area contributed by atoms with Gasteiger partial charge in [0, 0.05) is 11.4 Å². The number of hydrogen-bond acceptors (Lipinski definition) is 4. The van der Waals surface area contributed by atoms with Gasteiger partial charge >= 0.3 is 0 Å². The molecule has 0 amide bonds. The van der Waals surface area contributed by atoms with Crippen molar-refractivity contribution in [2.45, 2.75) is 32.1 Å². The summed E-state index contributed by atoms with van der Waals surface area (Å²) in [6.07, 6.45) is 2.63. The Morgan fingerprint density at radius 3 is 2.91 bits per heavy atom. The van der Waals surface area contributed by atoms with Gasteiger partial charge in [-0.1, -0.05) is 18.5 Å². The highest BCUT2D eigenvalue weighted by Gasteiger charge is 2.32. The van der Waals surface area contributed by atoms with Gasteiger partial charge in [0.15, 0.2) is 11.7 Å². The van der Waals surface area contributed by atoms with E-state index in [4.69, 9.17) is 11.6 Å². The minimum atomic E-state index is -1.05. The minimum Gasteiger partial charge on any atom is -0.308 e. The van der Waals surface area contributed by atoms with Crippen LogP contribution in [0.5, 0.6) is 0 Å². The van der Waals surface area contributed by atoms with Crippen LogP contribution in [0.2, 0.25) is 5.02 Å². The summed E-state index contributed by atoms with van der Waals surface area (Å²) in [5.41, 5.74) is 0.0181. The number of aromatic nitrogens is 2. The molecule has 0 saturated heterocycles. The third kappa shape index (κ3) is 3.27. The zero-order valence-electron chi connectivity index (χ0n) is 12.7. The lowest BCUT2D eigenvalue weighted by atomic mass is 9.92. The number of carbonyl (C=O) groups is 1. The lowest BCUT2D eigenvalue weighted by Gasteiger charge is -2.12. The van der Waals surface area contributed by atoms with Gasteiger partial charge in [-0.05, 0) is 42.9 Å². The van der Waals surface area contributed by atoms with Crippen LogP contribution in [0.15, 0.2) is 23.0 Å². The molecule has 2 atom stereocenters. The van der Waals surface area contributed by atoms with E-state index in [9.17, 15) is 14.9 Å². The van der Waals surface area contributed by atoms with Gasteiger partial charge in [-0.25, -0.2) is 4.98 Å². The van der Waals surface area contributed by atoms with Crippen molar-refractivity contribution in [2.24, 2.45) is 11.8 Å². The van der Waals surface area contributed by atoms with Crippen molar-refractivity contribution in [3.63, 3.8) is 0 Å². The molecule has 1 aliphatic rings. The number of nitriles is 1. The number of Topliss-reactive ketones (excluding diaryl/α,β-unsaturated/α-hetero) is 1. The van der Waals surface area contributed by atoms with Crippen LogP contribution in [-0.2, 0) is 4.79 Å². The van der Waals surface area contributed by atoms with Gasteiger partial charge in [0.1, 0.15) is 5.82 Å². The van der Waals surface area contributed by atoms with Crippen molar-refractivity contribution in [3.8, 4) is 6.07 Å². The number of carbonyl (C=O) groups excluding carboxylic acids is 1. The molecule has 1 saturated carbocycles. The summed E-state index contributed by atoms with van der Waals surface area (Å²) in [4.78, 5) is 31.4. The smallest absolute Gasteiger partial charge is 0.258 e. The van der Waals surface area contributed by atoms with Crippen LogP contribution in [-0.4, -0.2) is 15.8 Å². The van der Waals surface area contributed by atoms with Crippen LogP contribution in [0.1, 0.15) is 37.9 Å². The molecule has 0 spiro atoms. The minimum absolute atomic E-state index is 0.0975. The predicted molar refractivity (Wildman–Crippen MR) is 87.2 cm³/mol. The average Bonchev–Trinajstić information content (AvgIpc) is 3.32. The molecule has 5 nitrogen and oxygen atoms in total. The van der Waals surface area contributed by atoms with E-state index in [2.05, 4.69) is 9.97 Å². The maximum absolute atomic E-state index is 12.4. The average molecular weight is 330 g/mol. The molecule has 0 aliphatic heterocycles. The van der Waals surface area contributed by atoms with Gasteiger partial charge in [0.25, 0.3) is 5.56 Å². The number of H-pyrrole nitrogens is 1. The molecule has 0 bridgehead atoms. The number of benzene rings is 1. The Kier molecular flexibility index (Phi) is 4.18. The Morgan fingerprint density at radius 2 is 2.26 bits per heavy atom. The van der Waals surface area contributed by atoms with Crippen LogP contribution in [0.25, 0.3) is 10.9 Å². The molecule has 1 aromatic heterocycles. The van der Waals surface area contributed by atoms with Crippen LogP contribution < -0.4 is 5.56 Å². The molecule has 118 valence electrons. The Morgan fingerprint density at radius 1 is 1.52 bits per heavy atom. The number of nitrogens with zero attached hydrogens (tertiary/aromatic N) is 2. The molecule has 1 aliphatic carbocycles. The number of ketones is 1. The molecule has 1 N–H and O–H groups in total. The molecule has 3 rings (SSSR count).